The van der Waals surface area contributed by atoms with Crippen molar-refractivity contribution in [3.63, 3.8) is 0 Å². The van der Waals surface area contributed by atoms with Crippen LogP contribution >= 0.6 is 12.6 Å². The lowest BCUT2D eigenvalue weighted by Crippen LogP contribution is -2.36. The van der Waals surface area contributed by atoms with Gasteiger partial charge in [0, 0.05) is 5.25 Å². The molecule has 0 aromatic heterocycles. The molecule has 0 saturated heterocycles. The maximum atomic E-state index is 12.6. The molecule has 0 spiro atoms. The van der Waals surface area contributed by atoms with Gasteiger partial charge in [-0.25, -0.2) is 0 Å². The first-order valence-electron chi connectivity index (χ1n) is 10.4. The molecule has 3 fully saturated rings. The molecular weight excluding hydrogens is 316 g/mol. The van der Waals surface area contributed by atoms with Gasteiger partial charge in [-0.15, -0.1) is 0 Å². The Morgan fingerprint density at radius 1 is 0.792 bits per heavy atom. The van der Waals surface area contributed by atoms with E-state index in [1.165, 1.54) is 44.9 Å². The summed E-state index contributed by atoms with van der Waals surface area (Å²) in [5.74, 6) is 3.68. The van der Waals surface area contributed by atoms with E-state index < -0.39 is 0 Å². The number of carbonyl (C=O) groups is 1. The zero-order valence-electron chi connectivity index (χ0n) is 15.6. The molecule has 3 rings (SSSR count). The zero-order chi connectivity index (χ0) is 17.1. The second-order valence-corrected chi connectivity index (χ2v) is 9.76. The average molecular weight is 353 g/mol. The van der Waals surface area contributed by atoms with Crippen molar-refractivity contribution in [1.82, 2.24) is 0 Å². The van der Waals surface area contributed by atoms with Gasteiger partial charge in [0.1, 0.15) is 6.10 Å². The summed E-state index contributed by atoms with van der Waals surface area (Å²) >= 11 is 4.67. The number of ether oxygens (including phenoxy) is 1. The van der Waals surface area contributed by atoms with Crippen LogP contribution in [0, 0.1) is 29.6 Å². The Morgan fingerprint density at radius 3 is 1.92 bits per heavy atom. The van der Waals surface area contributed by atoms with E-state index in [1.807, 2.05) is 0 Å². The molecule has 3 atom stereocenters. The molecule has 3 unspecified atom stereocenters. The summed E-state index contributed by atoms with van der Waals surface area (Å²) in [7, 11) is 0. The number of rotatable bonds is 3. The van der Waals surface area contributed by atoms with Gasteiger partial charge in [-0.1, -0.05) is 26.7 Å². The predicted octanol–water partition coefficient (Wildman–Crippen LogP) is 5.65. The lowest BCUT2D eigenvalue weighted by Gasteiger charge is -2.37. The Hall–Kier alpha value is -0.180. The van der Waals surface area contributed by atoms with Crippen molar-refractivity contribution >= 4 is 18.6 Å². The van der Waals surface area contributed by atoms with Gasteiger partial charge in [-0.2, -0.15) is 12.6 Å². The van der Waals surface area contributed by atoms with Crippen LogP contribution in [-0.4, -0.2) is 17.3 Å². The number of hydrogen-bond acceptors (Lipinski definition) is 3. The van der Waals surface area contributed by atoms with Crippen LogP contribution in [0.2, 0.25) is 0 Å². The molecule has 2 nitrogen and oxygen atoms in total. The van der Waals surface area contributed by atoms with Crippen molar-refractivity contribution in [1.29, 1.82) is 0 Å². The minimum Gasteiger partial charge on any atom is -0.461 e. The van der Waals surface area contributed by atoms with E-state index in [4.69, 9.17) is 4.74 Å². The predicted molar refractivity (Wildman–Crippen MR) is 102 cm³/mol. The van der Waals surface area contributed by atoms with Crippen LogP contribution in [0.25, 0.3) is 0 Å². The van der Waals surface area contributed by atoms with E-state index in [0.717, 1.165) is 49.4 Å². The Bertz CT molecular complexity index is 408. The van der Waals surface area contributed by atoms with E-state index in [1.54, 1.807) is 0 Å². The average Bonchev–Trinajstić information content (AvgIpc) is 2.58. The van der Waals surface area contributed by atoms with E-state index in [2.05, 4.69) is 26.5 Å². The van der Waals surface area contributed by atoms with E-state index >= 15 is 0 Å². The SMILES string of the molecule is CC1CCC(C2CCC(C(=O)OC3CCC(C)CC3S)CC2)CC1. The molecule has 24 heavy (non-hydrogen) atoms. The molecule has 0 bridgehead atoms. The summed E-state index contributed by atoms with van der Waals surface area (Å²) in [6, 6.07) is 0. The van der Waals surface area contributed by atoms with Crippen LogP contribution in [0.3, 0.4) is 0 Å². The van der Waals surface area contributed by atoms with Crippen LogP contribution in [0.5, 0.6) is 0 Å². The summed E-state index contributed by atoms with van der Waals surface area (Å²) in [4.78, 5) is 12.6. The van der Waals surface area contributed by atoms with Gasteiger partial charge in [-0.05, 0) is 81.5 Å². The van der Waals surface area contributed by atoms with Crippen molar-refractivity contribution in [3.8, 4) is 0 Å². The highest BCUT2D eigenvalue weighted by Crippen LogP contribution is 2.41. The van der Waals surface area contributed by atoms with E-state index in [0.29, 0.717) is 0 Å². The van der Waals surface area contributed by atoms with Gasteiger partial charge in [0.2, 0.25) is 0 Å². The Balaban J connectivity index is 1.42. The van der Waals surface area contributed by atoms with Crippen LogP contribution in [-0.2, 0) is 9.53 Å². The summed E-state index contributed by atoms with van der Waals surface area (Å²) in [5.41, 5.74) is 0. The maximum Gasteiger partial charge on any atom is 0.309 e. The number of carbonyl (C=O) groups excluding carboxylic acids is 1. The van der Waals surface area contributed by atoms with Crippen molar-refractivity contribution in [2.45, 2.75) is 95.8 Å². The normalized spacial score (nSPS) is 44.0. The molecule has 138 valence electrons. The zero-order valence-corrected chi connectivity index (χ0v) is 16.5. The first-order valence-corrected chi connectivity index (χ1v) is 10.9. The standard InChI is InChI=1S/C21H36O2S/c1-14-3-6-16(7-4-14)17-8-10-18(11-9-17)21(22)23-19-12-5-15(2)13-20(19)24/h14-20,24H,3-13H2,1-2H3. The number of hydrogen-bond donors (Lipinski definition) is 1. The van der Waals surface area contributed by atoms with E-state index in [-0.39, 0.29) is 23.2 Å². The van der Waals surface area contributed by atoms with Crippen molar-refractivity contribution in [2.24, 2.45) is 29.6 Å². The smallest absolute Gasteiger partial charge is 0.309 e. The fourth-order valence-corrected chi connectivity index (χ4v) is 5.86. The molecule has 0 radical (unpaired) electrons. The third-order valence-corrected chi connectivity index (χ3v) is 7.66. The Kier molecular flexibility index (Phi) is 6.56. The molecule has 0 aromatic carbocycles. The van der Waals surface area contributed by atoms with Crippen molar-refractivity contribution < 1.29 is 9.53 Å². The summed E-state index contributed by atoms with van der Waals surface area (Å²) in [5, 5.41) is 0.235. The molecule has 0 heterocycles. The van der Waals surface area contributed by atoms with Gasteiger partial charge in [0.25, 0.3) is 0 Å². The lowest BCUT2D eigenvalue weighted by atomic mass is 9.69. The second kappa shape index (κ2) is 8.47. The molecule has 0 aliphatic heterocycles. The van der Waals surface area contributed by atoms with Crippen LogP contribution in [0.4, 0.5) is 0 Å². The fraction of sp³-hybridized carbons (Fsp3) is 0.952. The van der Waals surface area contributed by atoms with Crippen molar-refractivity contribution in [3.05, 3.63) is 0 Å². The van der Waals surface area contributed by atoms with Crippen LogP contribution in [0.1, 0.15) is 84.5 Å². The minimum atomic E-state index is 0.0505. The van der Waals surface area contributed by atoms with Crippen molar-refractivity contribution in [2.75, 3.05) is 0 Å². The maximum absolute atomic E-state index is 12.6. The molecule has 3 saturated carbocycles. The minimum absolute atomic E-state index is 0.0505. The Morgan fingerprint density at radius 2 is 1.33 bits per heavy atom. The summed E-state index contributed by atoms with van der Waals surface area (Å²) in [6.45, 7) is 4.67. The molecule has 0 N–H and O–H groups in total. The van der Waals surface area contributed by atoms with Crippen LogP contribution in [0.15, 0.2) is 0 Å². The molecule has 0 aromatic rings. The summed E-state index contributed by atoms with van der Waals surface area (Å²) < 4.78 is 5.87. The van der Waals surface area contributed by atoms with Crippen LogP contribution < -0.4 is 0 Å². The number of thiol groups is 1. The van der Waals surface area contributed by atoms with Gasteiger partial charge < -0.3 is 4.74 Å². The van der Waals surface area contributed by atoms with E-state index in [9.17, 15) is 4.79 Å². The molecule has 3 heteroatoms. The fourth-order valence-electron chi connectivity index (χ4n) is 5.29. The molecular formula is C21H36O2S. The van der Waals surface area contributed by atoms with Gasteiger partial charge in [0.05, 0.1) is 5.92 Å². The highest BCUT2D eigenvalue weighted by Gasteiger charge is 2.35. The molecule has 0 amide bonds. The first kappa shape index (κ1) is 18.6. The highest BCUT2D eigenvalue weighted by atomic mass is 32.1. The number of esters is 1. The molecule has 3 aliphatic rings. The first-order chi connectivity index (χ1) is 11.5. The molecule has 3 aliphatic carbocycles. The summed E-state index contributed by atoms with van der Waals surface area (Å²) in [6.07, 6.45) is 13.5. The van der Waals surface area contributed by atoms with Gasteiger partial charge in [0.15, 0.2) is 0 Å². The Labute approximate surface area is 153 Å². The highest BCUT2D eigenvalue weighted by molar-refractivity contribution is 7.81. The third-order valence-electron chi connectivity index (χ3n) is 7.12. The topological polar surface area (TPSA) is 26.3 Å². The lowest BCUT2D eigenvalue weighted by molar-refractivity contribution is -0.157. The van der Waals surface area contributed by atoms with Gasteiger partial charge in [-0.3, -0.25) is 4.79 Å². The quantitative estimate of drug-likeness (QED) is 0.525. The second-order valence-electron chi connectivity index (χ2n) is 9.09. The third kappa shape index (κ3) is 4.71. The van der Waals surface area contributed by atoms with Gasteiger partial charge >= 0.3 is 5.97 Å². The largest absolute Gasteiger partial charge is 0.461 e. The monoisotopic (exact) mass is 352 g/mol.